The number of benzene rings is 2. The van der Waals surface area contributed by atoms with Gasteiger partial charge in [0.05, 0.1) is 7.11 Å². The molecule has 1 unspecified atom stereocenters. The Morgan fingerprint density at radius 1 is 1.25 bits per heavy atom. The monoisotopic (exact) mass is 380 g/mol. The first-order chi connectivity index (χ1) is 13.5. The molecule has 2 aromatic carbocycles. The molecule has 0 aliphatic rings. The van der Waals surface area contributed by atoms with Gasteiger partial charge in [-0.15, -0.1) is 0 Å². The predicted molar refractivity (Wildman–Crippen MR) is 105 cm³/mol. The maximum absolute atomic E-state index is 12.2. The molecule has 3 aromatic rings. The number of nitrogens with one attached hydrogen (secondary N) is 2. The van der Waals surface area contributed by atoms with E-state index in [1.54, 1.807) is 18.3 Å². The first kappa shape index (κ1) is 19.0. The van der Waals surface area contributed by atoms with Crippen LogP contribution in [0.1, 0.15) is 11.1 Å². The van der Waals surface area contributed by atoms with Crippen LogP contribution in [-0.2, 0) is 16.0 Å². The van der Waals surface area contributed by atoms with Crippen LogP contribution in [0.5, 0.6) is 11.5 Å². The van der Waals surface area contributed by atoms with Gasteiger partial charge in [-0.25, -0.2) is 4.79 Å². The van der Waals surface area contributed by atoms with E-state index in [-0.39, 0.29) is 17.9 Å². The van der Waals surface area contributed by atoms with Gasteiger partial charge in [-0.2, -0.15) is 0 Å². The number of aromatic amines is 1. The van der Waals surface area contributed by atoms with Gasteiger partial charge in [-0.3, -0.25) is 4.79 Å². The smallest absolute Gasteiger partial charge is 0.326 e. The van der Waals surface area contributed by atoms with Crippen molar-refractivity contribution in [3.63, 3.8) is 0 Å². The highest BCUT2D eigenvalue weighted by Gasteiger charge is 2.21. The van der Waals surface area contributed by atoms with Crippen LogP contribution in [0.25, 0.3) is 17.0 Å². The zero-order chi connectivity index (χ0) is 20.1. The number of methoxy groups -OCH3 is 1. The molecule has 7 heteroatoms. The number of aromatic nitrogens is 1. The highest BCUT2D eigenvalue weighted by atomic mass is 16.5. The van der Waals surface area contributed by atoms with Crippen molar-refractivity contribution in [3.05, 3.63) is 65.9 Å². The number of H-pyrrole nitrogens is 1. The van der Waals surface area contributed by atoms with Crippen LogP contribution in [0.15, 0.2) is 54.7 Å². The normalized spacial score (nSPS) is 12.2. The molecule has 3 rings (SSSR count). The molecule has 1 aromatic heterocycles. The van der Waals surface area contributed by atoms with Crippen molar-refractivity contribution in [2.24, 2.45) is 0 Å². The lowest BCUT2D eigenvalue weighted by Gasteiger charge is -2.13. The van der Waals surface area contributed by atoms with Gasteiger partial charge in [0.1, 0.15) is 6.04 Å². The standard InChI is InChI=1S/C21H20N2O5/c1-28-19-10-13(6-8-18(19)24)7-9-20(25)23-17(21(26)27)11-14-12-22-16-5-3-2-4-15(14)16/h2-10,12,17,22,24H,11H2,1H3,(H,23,25)(H,26,27)/b9-7+. The number of carboxylic acids is 1. The summed E-state index contributed by atoms with van der Waals surface area (Å²) in [6, 6.07) is 11.1. The van der Waals surface area contributed by atoms with Crippen molar-refractivity contribution in [3.8, 4) is 11.5 Å². The van der Waals surface area contributed by atoms with E-state index in [1.165, 1.54) is 25.3 Å². The van der Waals surface area contributed by atoms with Crippen molar-refractivity contribution < 1.29 is 24.5 Å². The molecule has 0 bridgehead atoms. The number of hydrogen-bond donors (Lipinski definition) is 4. The molecule has 1 atom stereocenters. The van der Waals surface area contributed by atoms with Gasteiger partial charge in [0.2, 0.25) is 5.91 Å². The number of hydrogen-bond acceptors (Lipinski definition) is 4. The lowest BCUT2D eigenvalue weighted by molar-refractivity contribution is -0.141. The number of ether oxygens (including phenoxy) is 1. The van der Waals surface area contributed by atoms with Gasteiger partial charge in [0.15, 0.2) is 11.5 Å². The number of aliphatic carboxylic acids is 1. The Balaban J connectivity index is 1.70. The molecule has 144 valence electrons. The predicted octanol–water partition coefficient (Wildman–Crippen LogP) is 2.71. The number of carbonyl (C=O) groups is 2. The second kappa shape index (κ2) is 8.30. The van der Waals surface area contributed by atoms with Crippen molar-refractivity contribution in [1.29, 1.82) is 0 Å². The third-order valence-corrected chi connectivity index (χ3v) is 4.34. The Morgan fingerprint density at radius 3 is 2.79 bits per heavy atom. The lowest BCUT2D eigenvalue weighted by atomic mass is 10.0. The van der Waals surface area contributed by atoms with Gasteiger partial charge < -0.3 is 25.3 Å². The van der Waals surface area contributed by atoms with Crippen molar-refractivity contribution >= 4 is 28.9 Å². The summed E-state index contributed by atoms with van der Waals surface area (Å²) in [6.07, 6.45) is 4.68. The maximum Gasteiger partial charge on any atom is 0.326 e. The first-order valence-electron chi connectivity index (χ1n) is 8.61. The molecule has 0 aliphatic carbocycles. The number of para-hydroxylation sites is 1. The number of fused-ring (bicyclic) bond motifs is 1. The van der Waals surface area contributed by atoms with E-state index in [4.69, 9.17) is 4.74 Å². The van der Waals surface area contributed by atoms with E-state index < -0.39 is 17.9 Å². The summed E-state index contributed by atoms with van der Waals surface area (Å²) in [5.74, 6) is -1.36. The van der Waals surface area contributed by atoms with Gasteiger partial charge in [0, 0.05) is 29.6 Å². The topological polar surface area (TPSA) is 112 Å². The molecule has 0 fully saturated rings. The summed E-state index contributed by atoms with van der Waals surface area (Å²) >= 11 is 0. The fourth-order valence-electron chi connectivity index (χ4n) is 2.91. The minimum absolute atomic E-state index is 0.00577. The van der Waals surface area contributed by atoms with Crippen molar-refractivity contribution in [2.75, 3.05) is 7.11 Å². The van der Waals surface area contributed by atoms with Crippen molar-refractivity contribution in [2.45, 2.75) is 12.5 Å². The number of carboxylic acid groups (broad SMARTS) is 1. The van der Waals surface area contributed by atoms with E-state index in [1.807, 2.05) is 24.3 Å². The summed E-state index contributed by atoms with van der Waals surface area (Å²) < 4.78 is 5.02. The quantitative estimate of drug-likeness (QED) is 0.471. The van der Waals surface area contributed by atoms with E-state index >= 15 is 0 Å². The first-order valence-corrected chi connectivity index (χ1v) is 8.61. The van der Waals surface area contributed by atoms with Crippen LogP contribution >= 0.6 is 0 Å². The minimum Gasteiger partial charge on any atom is -0.504 e. The third-order valence-electron chi connectivity index (χ3n) is 4.34. The Hall–Kier alpha value is -3.74. The molecule has 0 radical (unpaired) electrons. The van der Waals surface area contributed by atoms with Crippen LogP contribution < -0.4 is 10.1 Å². The molecule has 28 heavy (non-hydrogen) atoms. The Morgan fingerprint density at radius 2 is 2.04 bits per heavy atom. The van der Waals surface area contributed by atoms with E-state index in [2.05, 4.69) is 10.3 Å². The van der Waals surface area contributed by atoms with Crippen molar-refractivity contribution in [1.82, 2.24) is 10.3 Å². The molecule has 0 saturated heterocycles. The zero-order valence-corrected chi connectivity index (χ0v) is 15.2. The number of aromatic hydroxyl groups is 1. The number of rotatable bonds is 7. The Kier molecular flexibility index (Phi) is 5.64. The fourth-order valence-corrected chi connectivity index (χ4v) is 2.91. The molecule has 0 saturated carbocycles. The molecule has 0 spiro atoms. The largest absolute Gasteiger partial charge is 0.504 e. The summed E-state index contributed by atoms with van der Waals surface area (Å²) in [5, 5.41) is 22.5. The SMILES string of the molecule is COc1cc(/C=C/C(=O)NC(Cc2c[nH]c3ccccc23)C(=O)O)ccc1O. The second-order valence-electron chi connectivity index (χ2n) is 6.23. The molecular formula is C21H20N2O5. The van der Waals surface area contributed by atoms with E-state index in [9.17, 15) is 19.8 Å². The van der Waals surface area contributed by atoms with Gasteiger partial charge in [-0.05, 0) is 35.4 Å². The number of amides is 1. The maximum atomic E-state index is 12.2. The van der Waals surface area contributed by atoms with E-state index in [0.717, 1.165) is 16.5 Å². The molecular weight excluding hydrogens is 360 g/mol. The van der Waals surface area contributed by atoms with E-state index in [0.29, 0.717) is 5.56 Å². The molecule has 0 aliphatic heterocycles. The second-order valence-corrected chi connectivity index (χ2v) is 6.23. The summed E-state index contributed by atoms with van der Waals surface area (Å²) in [4.78, 5) is 26.9. The van der Waals surface area contributed by atoms with Crippen LogP contribution in [0.2, 0.25) is 0 Å². The summed E-state index contributed by atoms with van der Waals surface area (Å²) in [5.41, 5.74) is 2.36. The average molecular weight is 380 g/mol. The molecule has 1 heterocycles. The van der Waals surface area contributed by atoms with Gasteiger partial charge in [-0.1, -0.05) is 24.3 Å². The highest BCUT2D eigenvalue weighted by Crippen LogP contribution is 2.26. The number of phenols is 1. The molecule has 1 amide bonds. The van der Waals surface area contributed by atoms with Crippen LogP contribution in [-0.4, -0.2) is 40.2 Å². The molecule has 7 nitrogen and oxygen atoms in total. The van der Waals surface area contributed by atoms with Crippen LogP contribution in [0.3, 0.4) is 0 Å². The highest BCUT2D eigenvalue weighted by molar-refractivity contribution is 5.94. The summed E-state index contributed by atoms with van der Waals surface area (Å²) in [7, 11) is 1.43. The Bertz CT molecular complexity index is 1040. The van der Waals surface area contributed by atoms with Crippen LogP contribution in [0.4, 0.5) is 0 Å². The van der Waals surface area contributed by atoms with Gasteiger partial charge >= 0.3 is 5.97 Å². The average Bonchev–Trinajstić information content (AvgIpc) is 3.09. The number of phenolic OH excluding ortho intramolecular Hbond substituents is 1. The fraction of sp³-hybridized carbons (Fsp3) is 0.143. The molecule has 4 N–H and O–H groups in total. The minimum atomic E-state index is -1.11. The third kappa shape index (κ3) is 4.32. The Labute approximate surface area is 161 Å². The summed E-state index contributed by atoms with van der Waals surface area (Å²) in [6.45, 7) is 0. The zero-order valence-electron chi connectivity index (χ0n) is 15.2. The van der Waals surface area contributed by atoms with Gasteiger partial charge in [0.25, 0.3) is 0 Å². The van der Waals surface area contributed by atoms with Crippen LogP contribution in [0, 0.1) is 0 Å². The lowest BCUT2D eigenvalue weighted by Crippen LogP contribution is -2.41. The number of carbonyl (C=O) groups excluding carboxylic acids is 1.